The van der Waals surface area contributed by atoms with Gasteiger partial charge in [0.1, 0.15) is 5.75 Å². The second kappa shape index (κ2) is 7.13. The molecule has 0 spiro atoms. The van der Waals surface area contributed by atoms with Crippen LogP contribution in [0.4, 0.5) is 0 Å². The molecule has 1 heterocycles. The number of benzene rings is 1. The molecule has 0 aliphatic carbocycles. The van der Waals surface area contributed by atoms with Crippen molar-refractivity contribution in [2.75, 3.05) is 6.61 Å². The summed E-state index contributed by atoms with van der Waals surface area (Å²) in [5.41, 5.74) is 4.19. The van der Waals surface area contributed by atoms with E-state index in [1.165, 1.54) is 5.56 Å². The minimum atomic E-state index is 0.774. The average molecular weight is 262 g/mol. The van der Waals surface area contributed by atoms with Crippen LogP contribution >= 0.6 is 11.3 Å². The van der Waals surface area contributed by atoms with Gasteiger partial charge in [-0.05, 0) is 24.1 Å². The van der Waals surface area contributed by atoms with Crippen molar-refractivity contribution in [2.24, 2.45) is 0 Å². The lowest BCUT2D eigenvalue weighted by atomic mass is 10.2. The fourth-order valence-corrected chi connectivity index (χ4v) is 2.18. The molecule has 2 rings (SSSR count). The largest absolute Gasteiger partial charge is 0.494 e. The van der Waals surface area contributed by atoms with E-state index >= 15 is 0 Å². The Balaban J connectivity index is 1.81. The van der Waals surface area contributed by atoms with Crippen molar-refractivity contribution in [1.29, 1.82) is 0 Å². The summed E-state index contributed by atoms with van der Waals surface area (Å²) in [6.07, 6.45) is 1.03. The molecule has 3 nitrogen and oxygen atoms in total. The van der Waals surface area contributed by atoms with Crippen LogP contribution in [0.5, 0.6) is 5.75 Å². The number of rotatable bonds is 7. The van der Waals surface area contributed by atoms with Gasteiger partial charge in [-0.1, -0.05) is 19.1 Å². The van der Waals surface area contributed by atoms with E-state index in [0.717, 1.165) is 37.6 Å². The molecule has 96 valence electrons. The molecule has 1 aromatic heterocycles. The van der Waals surface area contributed by atoms with Crippen LogP contribution in [0.25, 0.3) is 0 Å². The molecular formula is C14H18N2OS. The van der Waals surface area contributed by atoms with Gasteiger partial charge >= 0.3 is 0 Å². The Kier molecular flexibility index (Phi) is 5.17. The third-order valence-corrected chi connectivity index (χ3v) is 3.13. The summed E-state index contributed by atoms with van der Waals surface area (Å²) in [7, 11) is 0. The normalized spacial score (nSPS) is 10.5. The molecule has 0 saturated heterocycles. The maximum Gasteiger partial charge on any atom is 0.119 e. The van der Waals surface area contributed by atoms with E-state index in [1.807, 2.05) is 17.6 Å². The SMILES string of the molecule is CCCOc1cccc(CNCc2cscn2)c1. The molecule has 0 unspecified atom stereocenters. The Morgan fingerprint density at radius 3 is 3.06 bits per heavy atom. The van der Waals surface area contributed by atoms with Gasteiger partial charge in [-0.3, -0.25) is 0 Å². The van der Waals surface area contributed by atoms with Crippen LogP contribution in [0.2, 0.25) is 0 Å². The van der Waals surface area contributed by atoms with Crippen molar-refractivity contribution < 1.29 is 4.74 Å². The molecule has 0 radical (unpaired) electrons. The first kappa shape index (κ1) is 13.1. The molecule has 0 amide bonds. The summed E-state index contributed by atoms with van der Waals surface area (Å²) in [5, 5.41) is 5.44. The highest BCUT2D eigenvalue weighted by molar-refractivity contribution is 7.07. The van der Waals surface area contributed by atoms with Gasteiger partial charge in [-0.25, -0.2) is 4.98 Å². The molecule has 1 aromatic carbocycles. The predicted molar refractivity (Wildman–Crippen MR) is 74.9 cm³/mol. The monoisotopic (exact) mass is 262 g/mol. The molecule has 0 atom stereocenters. The van der Waals surface area contributed by atoms with Crippen molar-refractivity contribution in [2.45, 2.75) is 26.4 Å². The van der Waals surface area contributed by atoms with Gasteiger partial charge in [0.05, 0.1) is 17.8 Å². The highest BCUT2D eigenvalue weighted by Crippen LogP contribution is 2.13. The summed E-state index contributed by atoms with van der Waals surface area (Å²) in [5.74, 6) is 0.949. The Bertz CT molecular complexity index is 457. The quantitative estimate of drug-likeness (QED) is 0.832. The topological polar surface area (TPSA) is 34.1 Å². The average Bonchev–Trinajstić information content (AvgIpc) is 2.90. The molecule has 0 bridgehead atoms. The summed E-state index contributed by atoms with van der Waals surface area (Å²) >= 11 is 1.63. The van der Waals surface area contributed by atoms with Crippen molar-refractivity contribution in [3.63, 3.8) is 0 Å². The van der Waals surface area contributed by atoms with E-state index in [9.17, 15) is 0 Å². The van der Waals surface area contributed by atoms with E-state index in [2.05, 4.69) is 34.7 Å². The highest BCUT2D eigenvalue weighted by Gasteiger charge is 1.98. The van der Waals surface area contributed by atoms with E-state index in [1.54, 1.807) is 11.3 Å². The lowest BCUT2D eigenvalue weighted by molar-refractivity contribution is 0.317. The molecule has 0 aliphatic rings. The summed E-state index contributed by atoms with van der Waals surface area (Å²) < 4.78 is 5.61. The minimum absolute atomic E-state index is 0.774. The van der Waals surface area contributed by atoms with E-state index in [-0.39, 0.29) is 0 Å². The zero-order chi connectivity index (χ0) is 12.6. The van der Waals surface area contributed by atoms with Crippen LogP contribution in [-0.4, -0.2) is 11.6 Å². The number of ether oxygens (including phenoxy) is 1. The molecule has 0 aliphatic heterocycles. The minimum Gasteiger partial charge on any atom is -0.494 e. The predicted octanol–water partition coefficient (Wildman–Crippen LogP) is 3.22. The van der Waals surface area contributed by atoms with Crippen molar-refractivity contribution in [3.05, 3.63) is 46.4 Å². The van der Waals surface area contributed by atoms with Crippen molar-refractivity contribution in [3.8, 4) is 5.75 Å². The van der Waals surface area contributed by atoms with E-state index in [4.69, 9.17) is 4.74 Å². The summed E-state index contributed by atoms with van der Waals surface area (Å²) in [6.45, 7) is 4.53. The van der Waals surface area contributed by atoms with Gasteiger partial charge in [0.25, 0.3) is 0 Å². The Morgan fingerprint density at radius 1 is 1.33 bits per heavy atom. The van der Waals surface area contributed by atoms with Crippen molar-refractivity contribution in [1.82, 2.24) is 10.3 Å². The zero-order valence-corrected chi connectivity index (χ0v) is 11.4. The van der Waals surface area contributed by atoms with Crippen LogP contribution in [0.15, 0.2) is 35.2 Å². The maximum absolute atomic E-state index is 5.61. The third kappa shape index (κ3) is 4.13. The van der Waals surface area contributed by atoms with Gasteiger partial charge in [0, 0.05) is 18.5 Å². The number of nitrogens with one attached hydrogen (secondary N) is 1. The maximum atomic E-state index is 5.61. The molecular weight excluding hydrogens is 244 g/mol. The fraction of sp³-hybridized carbons (Fsp3) is 0.357. The zero-order valence-electron chi connectivity index (χ0n) is 10.6. The Hall–Kier alpha value is -1.39. The number of hydrogen-bond donors (Lipinski definition) is 1. The lowest BCUT2D eigenvalue weighted by Crippen LogP contribution is -2.12. The second-order valence-electron chi connectivity index (χ2n) is 4.08. The molecule has 1 N–H and O–H groups in total. The van der Waals surface area contributed by atoms with Gasteiger partial charge < -0.3 is 10.1 Å². The number of aromatic nitrogens is 1. The highest BCUT2D eigenvalue weighted by atomic mass is 32.1. The van der Waals surface area contributed by atoms with Gasteiger partial charge in [0.2, 0.25) is 0 Å². The number of nitrogens with zero attached hydrogens (tertiary/aromatic N) is 1. The first-order valence-corrected chi connectivity index (χ1v) is 7.12. The van der Waals surface area contributed by atoms with Crippen LogP contribution in [0.1, 0.15) is 24.6 Å². The summed E-state index contributed by atoms with van der Waals surface area (Å²) in [6, 6.07) is 8.22. The van der Waals surface area contributed by atoms with Crippen molar-refractivity contribution >= 4 is 11.3 Å². The van der Waals surface area contributed by atoms with Crippen LogP contribution in [-0.2, 0) is 13.1 Å². The summed E-state index contributed by atoms with van der Waals surface area (Å²) in [4.78, 5) is 4.24. The van der Waals surface area contributed by atoms with Gasteiger partial charge in [0.15, 0.2) is 0 Å². The van der Waals surface area contributed by atoms with Crippen LogP contribution in [0.3, 0.4) is 0 Å². The van der Waals surface area contributed by atoms with Gasteiger partial charge in [-0.15, -0.1) is 11.3 Å². The first-order valence-electron chi connectivity index (χ1n) is 6.18. The Morgan fingerprint density at radius 2 is 2.28 bits per heavy atom. The molecule has 0 saturated carbocycles. The third-order valence-electron chi connectivity index (χ3n) is 2.49. The number of hydrogen-bond acceptors (Lipinski definition) is 4. The second-order valence-corrected chi connectivity index (χ2v) is 4.80. The molecule has 0 fully saturated rings. The van der Waals surface area contributed by atoms with Crippen LogP contribution in [0, 0.1) is 0 Å². The Labute approximate surface area is 112 Å². The lowest BCUT2D eigenvalue weighted by Gasteiger charge is -2.07. The molecule has 18 heavy (non-hydrogen) atoms. The van der Waals surface area contributed by atoms with Gasteiger partial charge in [-0.2, -0.15) is 0 Å². The standard InChI is InChI=1S/C14H18N2OS/c1-2-6-17-14-5-3-4-12(7-14)8-15-9-13-10-18-11-16-13/h3-5,7,10-11,15H,2,6,8-9H2,1H3. The first-order chi connectivity index (χ1) is 8.88. The van der Waals surface area contributed by atoms with E-state index < -0.39 is 0 Å². The van der Waals surface area contributed by atoms with Crippen LogP contribution < -0.4 is 10.1 Å². The smallest absolute Gasteiger partial charge is 0.119 e. The molecule has 2 aromatic rings. The fourth-order valence-electron chi connectivity index (χ4n) is 1.62. The molecule has 4 heteroatoms. The van der Waals surface area contributed by atoms with E-state index in [0.29, 0.717) is 0 Å². The number of thiazole rings is 1.